The number of aromatic amines is 1. The lowest BCUT2D eigenvalue weighted by atomic mass is 10.2. The van der Waals surface area contributed by atoms with Gasteiger partial charge in [-0.15, -0.1) is 0 Å². The smallest absolute Gasteiger partial charge is 0.0408 e. The van der Waals surface area contributed by atoms with Crippen molar-refractivity contribution in [3.8, 4) is 0 Å². The molecule has 0 aliphatic heterocycles. The van der Waals surface area contributed by atoms with Crippen LogP contribution in [0.1, 0.15) is 24.5 Å². The molecule has 0 bridgehead atoms. The number of rotatable bonds is 1. The van der Waals surface area contributed by atoms with E-state index in [9.17, 15) is 0 Å². The lowest BCUT2D eigenvalue weighted by Gasteiger charge is -1.94. The van der Waals surface area contributed by atoms with E-state index in [1.165, 1.54) is 18.5 Å². The summed E-state index contributed by atoms with van der Waals surface area (Å²) < 4.78 is 0.945. The van der Waals surface area contributed by atoms with Gasteiger partial charge in [0, 0.05) is 16.4 Å². The molecule has 1 nitrogen and oxygen atoms in total. The quantitative estimate of drug-likeness (QED) is 0.610. The van der Waals surface area contributed by atoms with Crippen LogP contribution in [0.5, 0.6) is 0 Å². The molecule has 1 aromatic heterocycles. The van der Waals surface area contributed by atoms with Gasteiger partial charge in [-0.1, -0.05) is 12.2 Å². The van der Waals surface area contributed by atoms with Crippen LogP contribution in [0.4, 0.5) is 0 Å². The Morgan fingerprint density at radius 1 is 1.50 bits per heavy atom. The van der Waals surface area contributed by atoms with E-state index in [4.69, 9.17) is 12.2 Å². The average Bonchev–Trinajstić information content (AvgIpc) is 2.68. The molecule has 2 heteroatoms. The summed E-state index contributed by atoms with van der Waals surface area (Å²) in [6.45, 7) is 0. The zero-order valence-electron chi connectivity index (χ0n) is 5.63. The fourth-order valence-corrected chi connectivity index (χ4v) is 1.29. The Labute approximate surface area is 65.1 Å². The Kier molecular flexibility index (Phi) is 1.34. The summed E-state index contributed by atoms with van der Waals surface area (Å²) >= 11 is 5.03. The molecule has 1 aromatic rings. The van der Waals surface area contributed by atoms with Crippen LogP contribution in [0.3, 0.4) is 0 Å². The fourth-order valence-electron chi connectivity index (χ4n) is 1.09. The van der Waals surface area contributed by atoms with E-state index in [1.54, 1.807) is 0 Å². The minimum atomic E-state index is 0.780. The summed E-state index contributed by atoms with van der Waals surface area (Å²) in [4.78, 5) is 3.20. The van der Waals surface area contributed by atoms with Gasteiger partial charge in [0.1, 0.15) is 0 Å². The topological polar surface area (TPSA) is 15.8 Å². The minimum Gasteiger partial charge on any atom is -0.365 e. The van der Waals surface area contributed by atoms with Crippen molar-refractivity contribution in [1.82, 2.24) is 4.98 Å². The molecule has 0 unspecified atom stereocenters. The highest BCUT2D eigenvalue weighted by atomic mass is 32.1. The first-order valence-electron chi connectivity index (χ1n) is 3.55. The number of aromatic nitrogens is 1. The second kappa shape index (κ2) is 2.20. The van der Waals surface area contributed by atoms with Gasteiger partial charge in [-0.25, -0.2) is 0 Å². The molecule has 1 aliphatic carbocycles. The third kappa shape index (κ3) is 1.12. The lowest BCUT2D eigenvalue weighted by Crippen LogP contribution is -1.82. The number of pyridine rings is 1. The molecule has 0 aromatic carbocycles. The summed E-state index contributed by atoms with van der Waals surface area (Å²) in [5, 5.41) is 0. The monoisotopic (exact) mass is 151 g/mol. The molecule has 1 fully saturated rings. The van der Waals surface area contributed by atoms with E-state index in [-0.39, 0.29) is 0 Å². The molecule has 1 N–H and O–H groups in total. The summed E-state index contributed by atoms with van der Waals surface area (Å²) in [5.41, 5.74) is 1.31. The van der Waals surface area contributed by atoms with Crippen LogP contribution in [0, 0.1) is 4.51 Å². The predicted octanol–water partition coefficient (Wildman–Crippen LogP) is 2.62. The van der Waals surface area contributed by atoms with Gasteiger partial charge in [0.15, 0.2) is 0 Å². The number of hydrogen-bond acceptors (Lipinski definition) is 1. The van der Waals surface area contributed by atoms with Crippen molar-refractivity contribution in [3.63, 3.8) is 0 Å². The SMILES string of the molecule is S=c1cc[nH]c(C2CC2)c1. The first kappa shape index (κ1) is 6.10. The standard InChI is InChI=1S/C8H9NS/c10-7-3-4-9-8(5-7)6-1-2-6/h3-6H,1-2H2,(H,9,10). The second-order valence-corrected chi connectivity index (χ2v) is 3.23. The highest BCUT2D eigenvalue weighted by Gasteiger charge is 2.23. The number of H-pyrrole nitrogens is 1. The van der Waals surface area contributed by atoms with Crippen molar-refractivity contribution >= 4 is 12.2 Å². The van der Waals surface area contributed by atoms with Gasteiger partial charge in [-0.2, -0.15) is 0 Å². The molecule has 0 amide bonds. The van der Waals surface area contributed by atoms with E-state index >= 15 is 0 Å². The van der Waals surface area contributed by atoms with Crippen LogP contribution in [-0.4, -0.2) is 4.98 Å². The van der Waals surface area contributed by atoms with Crippen molar-refractivity contribution in [1.29, 1.82) is 0 Å². The molecule has 2 rings (SSSR count). The van der Waals surface area contributed by atoms with Crippen molar-refractivity contribution < 1.29 is 0 Å². The first-order chi connectivity index (χ1) is 4.86. The normalized spacial score (nSPS) is 17.2. The highest BCUT2D eigenvalue weighted by molar-refractivity contribution is 7.71. The molecule has 0 radical (unpaired) electrons. The van der Waals surface area contributed by atoms with Crippen LogP contribution < -0.4 is 0 Å². The molecule has 0 spiro atoms. The van der Waals surface area contributed by atoms with Gasteiger partial charge in [0.2, 0.25) is 0 Å². The summed E-state index contributed by atoms with van der Waals surface area (Å²) in [6.07, 6.45) is 4.58. The van der Waals surface area contributed by atoms with E-state index in [1.807, 2.05) is 12.3 Å². The maximum absolute atomic E-state index is 5.03. The third-order valence-electron chi connectivity index (χ3n) is 1.81. The van der Waals surface area contributed by atoms with Gasteiger partial charge < -0.3 is 4.98 Å². The maximum Gasteiger partial charge on any atom is 0.0408 e. The highest BCUT2D eigenvalue weighted by Crippen LogP contribution is 2.38. The third-order valence-corrected chi connectivity index (χ3v) is 2.07. The first-order valence-corrected chi connectivity index (χ1v) is 3.96. The van der Waals surface area contributed by atoms with Crippen LogP contribution in [0.15, 0.2) is 18.3 Å². The van der Waals surface area contributed by atoms with Crippen molar-refractivity contribution in [2.24, 2.45) is 0 Å². The average molecular weight is 151 g/mol. The summed E-state index contributed by atoms with van der Waals surface area (Å²) in [7, 11) is 0. The van der Waals surface area contributed by atoms with Crippen LogP contribution in [0.2, 0.25) is 0 Å². The Bertz CT molecular complexity index is 285. The van der Waals surface area contributed by atoms with E-state index < -0.39 is 0 Å². The molecule has 1 saturated carbocycles. The van der Waals surface area contributed by atoms with Gasteiger partial charge in [0.25, 0.3) is 0 Å². The van der Waals surface area contributed by atoms with Gasteiger partial charge in [-0.3, -0.25) is 0 Å². The molecule has 1 aliphatic rings. The van der Waals surface area contributed by atoms with E-state index in [0.717, 1.165) is 10.4 Å². The summed E-state index contributed by atoms with van der Waals surface area (Å²) in [5.74, 6) is 0.780. The van der Waals surface area contributed by atoms with Gasteiger partial charge in [-0.05, 0) is 30.9 Å². The minimum absolute atomic E-state index is 0.780. The van der Waals surface area contributed by atoms with Crippen LogP contribution >= 0.6 is 12.2 Å². The van der Waals surface area contributed by atoms with E-state index in [0.29, 0.717) is 0 Å². The van der Waals surface area contributed by atoms with Gasteiger partial charge >= 0.3 is 0 Å². The number of hydrogen-bond donors (Lipinski definition) is 1. The maximum atomic E-state index is 5.03. The molecular formula is C8H9NS. The second-order valence-electron chi connectivity index (χ2n) is 2.75. The Morgan fingerprint density at radius 2 is 2.30 bits per heavy atom. The summed E-state index contributed by atoms with van der Waals surface area (Å²) in [6, 6.07) is 3.98. The Hall–Kier alpha value is -0.630. The number of nitrogens with one attached hydrogen (secondary N) is 1. The molecule has 10 heavy (non-hydrogen) atoms. The van der Waals surface area contributed by atoms with Crippen LogP contribution in [-0.2, 0) is 0 Å². The zero-order chi connectivity index (χ0) is 6.97. The molecule has 52 valence electrons. The van der Waals surface area contributed by atoms with E-state index in [2.05, 4.69) is 11.1 Å². The largest absolute Gasteiger partial charge is 0.365 e. The van der Waals surface area contributed by atoms with Crippen molar-refractivity contribution in [3.05, 3.63) is 28.5 Å². The van der Waals surface area contributed by atoms with Crippen LogP contribution in [0.25, 0.3) is 0 Å². The molecule has 0 saturated heterocycles. The van der Waals surface area contributed by atoms with Gasteiger partial charge in [0.05, 0.1) is 0 Å². The Balaban J connectivity index is 2.41. The Morgan fingerprint density at radius 3 is 2.90 bits per heavy atom. The molecule has 1 heterocycles. The molecule has 0 atom stereocenters. The molecular weight excluding hydrogens is 142 g/mol. The zero-order valence-corrected chi connectivity index (χ0v) is 6.45. The fraction of sp³-hybridized carbons (Fsp3) is 0.375. The lowest BCUT2D eigenvalue weighted by molar-refractivity contribution is 1.02. The van der Waals surface area contributed by atoms with Crippen molar-refractivity contribution in [2.75, 3.05) is 0 Å². The predicted molar refractivity (Wildman–Crippen MR) is 43.6 cm³/mol. The van der Waals surface area contributed by atoms with Crippen molar-refractivity contribution in [2.45, 2.75) is 18.8 Å².